The van der Waals surface area contributed by atoms with Gasteiger partial charge in [-0.05, 0) is 81.7 Å². The Balaban J connectivity index is 1.42. The van der Waals surface area contributed by atoms with E-state index in [-0.39, 0.29) is 11.9 Å². The van der Waals surface area contributed by atoms with Gasteiger partial charge in [-0.2, -0.15) is 5.10 Å². The third kappa shape index (κ3) is 4.57. The number of piperazine rings is 1. The maximum Gasteiger partial charge on any atom is 0.257 e. The highest BCUT2D eigenvalue weighted by molar-refractivity contribution is 6.30. The molecule has 2 fully saturated rings. The van der Waals surface area contributed by atoms with E-state index in [2.05, 4.69) is 48.3 Å². The molecule has 0 bridgehead atoms. The first kappa shape index (κ1) is 22.9. The van der Waals surface area contributed by atoms with Gasteiger partial charge in [0.1, 0.15) is 0 Å². The zero-order chi connectivity index (χ0) is 23.7. The van der Waals surface area contributed by atoms with Gasteiger partial charge in [0.15, 0.2) is 0 Å². The summed E-state index contributed by atoms with van der Waals surface area (Å²) >= 11 is 6.12. The van der Waals surface area contributed by atoms with Crippen molar-refractivity contribution in [2.75, 3.05) is 37.6 Å². The summed E-state index contributed by atoms with van der Waals surface area (Å²) in [7, 11) is 0. The molecule has 0 saturated carbocycles. The first-order valence-corrected chi connectivity index (χ1v) is 12.6. The average Bonchev–Trinajstić information content (AvgIpc) is 3.29. The normalized spacial score (nSPS) is 19.4. The standard InChI is InChI=1S/C27H32ClN5O/c1-19-4-3-5-24(16-19)32-15-14-31(18-20(32)2)27(34)25-17-30-33(23-8-6-22(28)7-9-23)26(25)21-10-12-29-13-11-21/h3-9,16-17,20-21,29H,10-15,18H2,1-2H3/t20-/m0/s1. The lowest BCUT2D eigenvalue weighted by Crippen LogP contribution is -2.54. The molecule has 0 unspecified atom stereocenters. The summed E-state index contributed by atoms with van der Waals surface area (Å²) in [5.41, 5.74) is 5.19. The number of nitrogens with one attached hydrogen (secondary N) is 1. The van der Waals surface area contributed by atoms with Gasteiger partial charge in [-0.15, -0.1) is 0 Å². The van der Waals surface area contributed by atoms with Crippen LogP contribution >= 0.6 is 11.6 Å². The molecular weight excluding hydrogens is 446 g/mol. The van der Waals surface area contributed by atoms with Crippen LogP contribution in [0, 0.1) is 6.92 Å². The fourth-order valence-corrected chi connectivity index (χ4v) is 5.43. The number of aryl methyl sites for hydroxylation is 1. The quantitative estimate of drug-likeness (QED) is 0.594. The molecule has 2 aliphatic rings. The Labute approximate surface area is 206 Å². The number of anilines is 1. The van der Waals surface area contributed by atoms with Crippen molar-refractivity contribution in [3.63, 3.8) is 0 Å². The lowest BCUT2D eigenvalue weighted by Gasteiger charge is -2.41. The van der Waals surface area contributed by atoms with E-state index in [1.54, 1.807) is 6.20 Å². The molecule has 1 atom stereocenters. The highest BCUT2D eigenvalue weighted by atomic mass is 35.5. The number of carbonyl (C=O) groups is 1. The number of hydrogen-bond acceptors (Lipinski definition) is 4. The zero-order valence-corrected chi connectivity index (χ0v) is 20.6. The molecule has 3 heterocycles. The molecule has 3 aromatic rings. The summed E-state index contributed by atoms with van der Waals surface area (Å²) in [6.45, 7) is 8.46. The van der Waals surface area contributed by atoms with Gasteiger partial charge in [-0.3, -0.25) is 4.79 Å². The van der Waals surface area contributed by atoms with E-state index >= 15 is 0 Å². The molecule has 2 aliphatic heterocycles. The smallest absolute Gasteiger partial charge is 0.257 e. The SMILES string of the molecule is Cc1cccc(N2CCN(C(=O)c3cnn(-c4ccc(Cl)cc4)c3C3CCNCC3)C[C@@H]2C)c1. The van der Waals surface area contributed by atoms with E-state index in [0.29, 0.717) is 24.0 Å². The summed E-state index contributed by atoms with van der Waals surface area (Å²) in [6.07, 6.45) is 3.76. The number of rotatable bonds is 4. The van der Waals surface area contributed by atoms with Gasteiger partial charge >= 0.3 is 0 Å². The Morgan fingerprint density at radius 3 is 2.53 bits per heavy atom. The van der Waals surface area contributed by atoms with Gasteiger partial charge < -0.3 is 15.1 Å². The minimum absolute atomic E-state index is 0.0875. The molecule has 2 saturated heterocycles. The Kier molecular flexibility index (Phi) is 6.61. The summed E-state index contributed by atoms with van der Waals surface area (Å²) < 4.78 is 1.95. The molecule has 0 radical (unpaired) electrons. The first-order valence-electron chi connectivity index (χ1n) is 12.2. The number of carbonyl (C=O) groups excluding carboxylic acids is 1. The van der Waals surface area contributed by atoms with Crippen LogP contribution in [0.25, 0.3) is 5.69 Å². The van der Waals surface area contributed by atoms with Gasteiger partial charge in [0.2, 0.25) is 0 Å². The largest absolute Gasteiger partial charge is 0.365 e. The van der Waals surface area contributed by atoms with Crippen molar-refractivity contribution >= 4 is 23.2 Å². The summed E-state index contributed by atoms with van der Waals surface area (Å²) in [5.74, 6) is 0.383. The molecule has 1 N–H and O–H groups in total. The number of nitrogens with zero attached hydrogens (tertiary/aromatic N) is 4. The average molecular weight is 478 g/mol. The second-order valence-electron chi connectivity index (χ2n) is 9.49. The third-order valence-electron chi connectivity index (χ3n) is 7.08. The van der Waals surface area contributed by atoms with E-state index in [1.807, 2.05) is 33.8 Å². The topological polar surface area (TPSA) is 53.4 Å². The van der Waals surface area contributed by atoms with Crippen molar-refractivity contribution in [1.82, 2.24) is 20.0 Å². The third-order valence-corrected chi connectivity index (χ3v) is 7.33. The van der Waals surface area contributed by atoms with E-state index in [4.69, 9.17) is 16.7 Å². The predicted octanol–water partition coefficient (Wildman–Crippen LogP) is 4.65. The number of aromatic nitrogens is 2. The molecule has 1 aromatic heterocycles. The number of amides is 1. The van der Waals surface area contributed by atoms with Gasteiger partial charge in [0.25, 0.3) is 5.91 Å². The van der Waals surface area contributed by atoms with Crippen LogP contribution in [-0.4, -0.2) is 59.4 Å². The molecule has 5 rings (SSSR count). The van der Waals surface area contributed by atoms with E-state index in [0.717, 1.165) is 49.4 Å². The predicted molar refractivity (Wildman–Crippen MR) is 137 cm³/mol. The van der Waals surface area contributed by atoms with Crippen LogP contribution in [0.3, 0.4) is 0 Å². The second kappa shape index (κ2) is 9.80. The highest BCUT2D eigenvalue weighted by Crippen LogP contribution is 2.32. The molecule has 1 amide bonds. The minimum Gasteiger partial charge on any atom is -0.365 e. The van der Waals surface area contributed by atoms with Crippen LogP contribution in [0.15, 0.2) is 54.7 Å². The summed E-state index contributed by atoms with van der Waals surface area (Å²) in [4.78, 5) is 18.2. The first-order chi connectivity index (χ1) is 16.5. The summed E-state index contributed by atoms with van der Waals surface area (Å²) in [6, 6.07) is 16.5. The molecule has 7 heteroatoms. The zero-order valence-electron chi connectivity index (χ0n) is 19.9. The monoisotopic (exact) mass is 477 g/mol. The van der Waals surface area contributed by atoms with Gasteiger partial charge in [-0.25, -0.2) is 4.68 Å². The number of halogens is 1. The van der Waals surface area contributed by atoms with E-state index < -0.39 is 0 Å². The molecule has 34 heavy (non-hydrogen) atoms. The number of piperidine rings is 1. The van der Waals surface area contributed by atoms with E-state index in [1.165, 1.54) is 11.3 Å². The molecule has 178 valence electrons. The lowest BCUT2D eigenvalue weighted by atomic mass is 9.91. The maximum atomic E-state index is 13.8. The van der Waals surface area contributed by atoms with Crippen LogP contribution in [0.2, 0.25) is 5.02 Å². The maximum absolute atomic E-state index is 13.8. The fraction of sp³-hybridized carbons (Fsp3) is 0.407. The number of benzene rings is 2. The lowest BCUT2D eigenvalue weighted by molar-refractivity contribution is 0.0724. The van der Waals surface area contributed by atoms with Gasteiger partial charge in [0.05, 0.1) is 23.1 Å². The Bertz CT molecular complexity index is 1150. The van der Waals surface area contributed by atoms with Crippen LogP contribution < -0.4 is 10.2 Å². The molecule has 2 aromatic carbocycles. The van der Waals surface area contributed by atoms with Crippen molar-refractivity contribution in [3.05, 3.63) is 76.6 Å². The molecular formula is C27H32ClN5O. The van der Waals surface area contributed by atoms with Crippen LogP contribution in [0.4, 0.5) is 5.69 Å². The van der Waals surface area contributed by atoms with Crippen LogP contribution in [0.5, 0.6) is 0 Å². The number of hydrogen-bond donors (Lipinski definition) is 1. The van der Waals surface area contributed by atoms with Gasteiger partial charge in [-0.1, -0.05) is 23.7 Å². The Hall–Kier alpha value is -2.83. The van der Waals surface area contributed by atoms with Crippen LogP contribution in [0.1, 0.15) is 47.3 Å². The summed E-state index contributed by atoms with van der Waals surface area (Å²) in [5, 5.41) is 8.82. The molecule has 0 spiro atoms. The van der Waals surface area contributed by atoms with Crippen molar-refractivity contribution in [3.8, 4) is 5.69 Å². The highest BCUT2D eigenvalue weighted by Gasteiger charge is 2.32. The van der Waals surface area contributed by atoms with Crippen molar-refractivity contribution in [2.45, 2.75) is 38.6 Å². The fourth-order valence-electron chi connectivity index (χ4n) is 5.30. The van der Waals surface area contributed by atoms with Crippen molar-refractivity contribution in [2.24, 2.45) is 0 Å². The Morgan fingerprint density at radius 2 is 1.82 bits per heavy atom. The second-order valence-corrected chi connectivity index (χ2v) is 9.93. The van der Waals surface area contributed by atoms with Crippen molar-refractivity contribution < 1.29 is 4.79 Å². The van der Waals surface area contributed by atoms with E-state index in [9.17, 15) is 4.79 Å². The Morgan fingerprint density at radius 1 is 1.06 bits per heavy atom. The van der Waals surface area contributed by atoms with Crippen molar-refractivity contribution in [1.29, 1.82) is 0 Å². The molecule has 0 aliphatic carbocycles. The van der Waals surface area contributed by atoms with Gasteiger partial charge in [0, 0.05) is 42.3 Å². The minimum atomic E-state index is 0.0875. The molecule has 6 nitrogen and oxygen atoms in total. The van der Waals surface area contributed by atoms with Crippen LogP contribution in [-0.2, 0) is 0 Å².